The number of amides is 1. The van der Waals surface area contributed by atoms with Crippen LogP contribution in [0.25, 0.3) is 11.5 Å². The molecule has 1 N–H and O–H groups in total. The highest BCUT2D eigenvalue weighted by Gasteiger charge is 2.19. The van der Waals surface area contributed by atoms with Crippen LogP contribution in [0.4, 0.5) is 0 Å². The van der Waals surface area contributed by atoms with Crippen molar-refractivity contribution in [2.75, 3.05) is 0 Å². The lowest BCUT2D eigenvalue weighted by molar-refractivity contribution is 0.0940. The molecule has 0 fully saturated rings. The SMILES string of the molecule is Cc1cc(C)n(-c2ccc(C(C)NC(=O)c3cnn(C)c3-n3cccc3)cc2)n1. The van der Waals surface area contributed by atoms with Crippen LogP contribution in [0, 0.1) is 13.8 Å². The Balaban J connectivity index is 1.52. The lowest BCUT2D eigenvalue weighted by atomic mass is 10.1. The fraction of sp³-hybridized carbons (Fsp3) is 0.227. The van der Waals surface area contributed by atoms with Crippen LogP contribution >= 0.6 is 0 Å². The van der Waals surface area contributed by atoms with Crippen molar-refractivity contribution in [3.63, 3.8) is 0 Å². The third-order valence-corrected chi connectivity index (χ3v) is 5.00. The van der Waals surface area contributed by atoms with Gasteiger partial charge in [-0.2, -0.15) is 10.2 Å². The molecule has 0 aliphatic carbocycles. The van der Waals surface area contributed by atoms with Gasteiger partial charge >= 0.3 is 0 Å². The minimum Gasteiger partial charge on any atom is -0.345 e. The van der Waals surface area contributed by atoms with Gasteiger partial charge in [0.05, 0.1) is 23.6 Å². The number of hydrogen-bond acceptors (Lipinski definition) is 3. The monoisotopic (exact) mass is 388 g/mol. The van der Waals surface area contributed by atoms with Gasteiger partial charge in [-0.05, 0) is 56.7 Å². The van der Waals surface area contributed by atoms with Gasteiger partial charge in [0.15, 0.2) is 0 Å². The highest BCUT2D eigenvalue weighted by molar-refractivity contribution is 5.97. The van der Waals surface area contributed by atoms with E-state index >= 15 is 0 Å². The maximum Gasteiger partial charge on any atom is 0.257 e. The van der Waals surface area contributed by atoms with Crippen LogP contribution in [-0.4, -0.2) is 30.0 Å². The Hall–Kier alpha value is -3.61. The largest absolute Gasteiger partial charge is 0.345 e. The van der Waals surface area contributed by atoms with Crippen molar-refractivity contribution >= 4 is 5.91 Å². The van der Waals surface area contributed by atoms with E-state index in [2.05, 4.69) is 15.5 Å². The zero-order valence-electron chi connectivity index (χ0n) is 17.0. The molecule has 0 saturated heterocycles. The van der Waals surface area contributed by atoms with Gasteiger partial charge in [0.25, 0.3) is 5.91 Å². The number of aromatic nitrogens is 5. The van der Waals surface area contributed by atoms with E-state index in [-0.39, 0.29) is 11.9 Å². The molecule has 4 rings (SSSR count). The second kappa shape index (κ2) is 7.43. The first kappa shape index (κ1) is 18.7. The topological polar surface area (TPSA) is 69.7 Å². The average molecular weight is 388 g/mol. The maximum absolute atomic E-state index is 12.9. The summed E-state index contributed by atoms with van der Waals surface area (Å²) in [5, 5.41) is 11.8. The van der Waals surface area contributed by atoms with E-state index in [0.717, 1.165) is 28.5 Å². The Morgan fingerprint density at radius 2 is 1.79 bits per heavy atom. The standard InChI is InChI=1S/C22H24N6O/c1-15-13-16(2)28(25-15)19-9-7-18(8-10-19)17(3)24-21(29)20-14-23-26(4)22(20)27-11-5-6-12-27/h5-14,17H,1-4H3,(H,24,29). The van der Waals surface area contributed by atoms with Gasteiger partial charge in [0.2, 0.25) is 0 Å². The Kier molecular flexibility index (Phi) is 4.80. The summed E-state index contributed by atoms with van der Waals surface area (Å²) in [6.07, 6.45) is 5.40. The summed E-state index contributed by atoms with van der Waals surface area (Å²) in [4.78, 5) is 12.9. The number of nitrogens with zero attached hydrogens (tertiary/aromatic N) is 5. The molecule has 0 saturated carbocycles. The Morgan fingerprint density at radius 1 is 1.10 bits per heavy atom. The lowest BCUT2D eigenvalue weighted by Gasteiger charge is -2.16. The van der Waals surface area contributed by atoms with E-state index in [9.17, 15) is 4.79 Å². The molecule has 0 spiro atoms. The van der Waals surface area contributed by atoms with Crippen molar-refractivity contribution in [1.29, 1.82) is 0 Å². The van der Waals surface area contributed by atoms with Crippen molar-refractivity contribution < 1.29 is 4.79 Å². The zero-order chi connectivity index (χ0) is 20.5. The summed E-state index contributed by atoms with van der Waals surface area (Å²) in [6.45, 7) is 5.99. The van der Waals surface area contributed by atoms with Crippen LogP contribution in [0.15, 0.2) is 61.1 Å². The fourth-order valence-corrected chi connectivity index (χ4v) is 3.53. The molecule has 148 valence electrons. The van der Waals surface area contributed by atoms with Crippen LogP contribution in [-0.2, 0) is 7.05 Å². The predicted molar refractivity (Wildman–Crippen MR) is 111 cm³/mol. The molecule has 1 atom stereocenters. The van der Waals surface area contributed by atoms with Crippen molar-refractivity contribution in [2.24, 2.45) is 7.05 Å². The molecule has 0 bridgehead atoms. The quantitative estimate of drug-likeness (QED) is 0.569. The van der Waals surface area contributed by atoms with E-state index in [1.54, 1.807) is 10.9 Å². The summed E-state index contributed by atoms with van der Waals surface area (Å²) in [7, 11) is 1.83. The molecule has 1 aromatic carbocycles. The smallest absolute Gasteiger partial charge is 0.257 e. The van der Waals surface area contributed by atoms with E-state index in [4.69, 9.17) is 0 Å². The summed E-state index contributed by atoms with van der Waals surface area (Å²) >= 11 is 0. The third-order valence-electron chi connectivity index (χ3n) is 5.00. The Bertz CT molecular complexity index is 1130. The normalized spacial score (nSPS) is 12.1. The molecule has 29 heavy (non-hydrogen) atoms. The molecule has 0 aliphatic rings. The minimum atomic E-state index is -0.156. The van der Waals surface area contributed by atoms with Gasteiger partial charge in [0.1, 0.15) is 11.4 Å². The highest BCUT2D eigenvalue weighted by atomic mass is 16.1. The Labute approximate surface area is 169 Å². The number of carbonyl (C=O) groups is 1. The van der Waals surface area contributed by atoms with Crippen molar-refractivity contribution in [2.45, 2.75) is 26.8 Å². The molecule has 0 aliphatic heterocycles. The summed E-state index contributed by atoms with van der Waals surface area (Å²) in [5.74, 6) is 0.580. The molecule has 4 aromatic rings. The average Bonchev–Trinajstić information content (AvgIpc) is 3.42. The van der Waals surface area contributed by atoms with E-state index in [0.29, 0.717) is 5.56 Å². The van der Waals surface area contributed by atoms with Crippen LogP contribution < -0.4 is 5.32 Å². The van der Waals surface area contributed by atoms with Crippen LogP contribution in [0.1, 0.15) is 40.3 Å². The summed E-state index contributed by atoms with van der Waals surface area (Å²) < 4.78 is 5.50. The fourth-order valence-electron chi connectivity index (χ4n) is 3.53. The molecular weight excluding hydrogens is 364 g/mol. The molecule has 7 heteroatoms. The van der Waals surface area contributed by atoms with Gasteiger partial charge in [0, 0.05) is 25.1 Å². The molecule has 3 heterocycles. The lowest BCUT2D eigenvalue weighted by Crippen LogP contribution is -2.27. The highest BCUT2D eigenvalue weighted by Crippen LogP contribution is 2.19. The predicted octanol–water partition coefficient (Wildman–Crippen LogP) is 3.50. The van der Waals surface area contributed by atoms with Crippen molar-refractivity contribution in [3.8, 4) is 11.5 Å². The first-order chi connectivity index (χ1) is 13.9. The molecule has 1 unspecified atom stereocenters. The van der Waals surface area contributed by atoms with Crippen LogP contribution in [0.3, 0.4) is 0 Å². The Morgan fingerprint density at radius 3 is 2.41 bits per heavy atom. The number of aryl methyl sites for hydroxylation is 3. The van der Waals surface area contributed by atoms with Crippen LogP contribution in [0.2, 0.25) is 0 Å². The van der Waals surface area contributed by atoms with Crippen molar-refractivity contribution in [3.05, 3.63) is 83.6 Å². The van der Waals surface area contributed by atoms with Gasteiger partial charge in [-0.25, -0.2) is 4.68 Å². The van der Waals surface area contributed by atoms with Gasteiger partial charge in [-0.3, -0.25) is 9.48 Å². The summed E-state index contributed by atoms with van der Waals surface area (Å²) in [6, 6.07) is 13.8. The van der Waals surface area contributed by atoms with Gasteiger partial charge in [-0.15, -0.1) is 0 Å². The third kappa shape index (κ3) is 3.59. The second-order valence-electron chi connectivity index (χ2n) is 7.22. The number of carbonyl (C=O) groups excluding carboxylic acids is 1. The molecule has 0 radical (unpaired) electrons. The number of hydrogen-bond donors (Lipinski definition) is 1. The van der Waals surface area contributed by atoms with Crippen molar-refractivity contribution in [1.82, 2.24) is 29.4 Å². The number of nitrogens with one attached hydrogen (secondary N) is 1. The summed E-state index contributed by atoms with van der Waals surface area (Å²) in [5.41, 5.74) is 4.64. The van der Waals surface area contributed by atoms with E-state index < -0.39 is 0 Å². The minimum absolute atomic E-state index is 0.144. The first-order valence-corrected chi connectivity index (χ1v) is 9.54. The van der Waals surface area contributed by atoms with Gasteiger partial charge in [-0.1, -0.05) is 12.1 Å². The van der Waals surface area contributed by atoms with Crippen LogP contribution in [0.5, 0.6) is 0 Å². The van der Waals surface area contributed by atoms with Gasteiger partial charge < -0.3 is 9.88 Å². The molecule has 3 aromatic heterocycles. The zero-order valence-corrected chi connectivity index (χ0v) is 17.0. The van der Waals surface area contributed by atoms with E-state index in [1.807, 2.05) is 91.9 Å². The first-order valence-electron chi connectivity index (χ1n) is 9.54. The van der Waals surface area contributed by atoms with E-state index in [1.165, 1.54) is 0 Å². The molecular formula is C22H24N6O. The molecule has 7 nitrogen and oxygen atoms in total. The second-order valence-corrected chi connectivity index (χ2v) is 7.22. The maximum atomic E-state index is 12.9. The number of benzene rings is 1. The number of rotatable bonds is 5. The molecule has 1 amide bonds.